The number of aromatic nitrogens is 1. The Morgan fingerprint density at radius 1 is 1.60 bits per heavy atom. The first-order chi connectivity index (χ1) is 6.81. The molecule has 0 saturated heterocycles. The van der Waals surface area contributed by atoms with Gasteiger partial charge in [-0.1, -0.05) is 34.8 Å². The highest BCUT2D eigenvalue weighted by molar-refractivity contribution is 7.08. The Bertz CT molecular complexity index is 376. The molecule has 1 rings (SSSR count). The largest absolute Gasteiger partial charge is 0.473 e. The zero-order valence-electron chi connectivity index (χ0n) is 7.37. The van der Waals surface area contributed by atoms with E-state index in [9.17, 15) is 10.1 Å². The van der Waals surface area contributed by atoms with E-state index in [0.29, 0.717) is 0 Å². The lowest BCUT2D eigenvalue weighted by molar-refractivity contribution is -0.386. The van der Waals surface area contributed by atoms with E-state index in [1.807, 2.05) is 0 Å². The first-order valence-corrected chi connectivity index (χ1v) is 5.52. The third kappa shape index (κ3) is 3.64. The van der Waals surface area contributed by atoms with Crippen LogP contribution in [0.3, 0.4) is 0 Å². The Morgan fingerprint density at radius 3 is 2.67 bits per heavy atom. The molecule has 0 bridgehead atoms. The SMILES string of the molecule is Cc1nsc(OCC(Cl)(Cl)Cl)c1[N+](=O)[O-]. The molecular weight excluding hydrogens is 287 g/mol. The summed E-state index contributed by atoms with van der Waals surface area (Å²) in [6.07, 6.45) is 0. The second kappa shape index (κ2) is 4.69. The Hall–Kier alpha value is -0.300. The molecule has 5 nitrogen and oxygen atoms in total. The van der Waals surface area contributed by atoms with Crippen LogP contribution in [-0.4, -0.2) is 19.7 Å². The topological polar surface area (TPSA) is 65.3 Å². The van der Waals surface area contributed by atoms with E-state index >= 15 is 0 Å². The molecule has 0 saturated carbocycles. The summed E-state index contributed by atoms with van der Waals surface area (Å²) in [5.41, 5.74) is 0.0959. The molecule has 15 heavy (non-hydrogen) atoms. The fourth-order valence-electron chi connectivity index (χ4n) is 0.793. The van der Waals surface area contributed by atoms with Crippen molar-refractivity contribution in [2.75, 3.05) is 6.61 Å². The molecule has 0 fully saturated rings. The van der Waals surface area contributed by atoms with Gasteiger partial charge in [0.05, 0.1) is 4.92 Å². The number of alkyl halides is 3. The summed E-state index contributed by atoms with van der Waals surface area (Å²) in [5, 5.41) is 10.7. The van der Waals surface area contributed by atoms with Gasteiger partial charge in [-0.05, 0) is 6.92 Å². The van der Waals surface area contributed by atoms with Crippen LogP contribution in [0, 0.1) is 17.0 Å². The summed E-state index contributed by atoms with van der Waals surface area (Å²) < 4.78 is 7.18. The molecular formula is C6H5Cl3N2O3S. The van der Waals surface area contributed by atoms with Crippen LogP contribution in [0.15, 0.2) is 0 Å². The minimum Gasteiger partial charge on any atom is -0.473 e. The van der Waals surface area contributed by atoms with Gasteiger partial charge in [0.1, 0.15) is 12.3 Å². The van der Waals surface area contributed by atoms with Crippen LogP contribution in [0.2, 0.25) is 0 Å². The standard InChI is InChI=1S/C6H5Cl3N2O3S/c1-3-4(11(12)13)5(15-10-3)14-2-6(7,8)9/h2H2,1H3. The smallest absolute Gasteiger partial charge is 0.345 e. The summed E-state index contributed by atoms with van der Waals surface area (Å²) in [7, 11) is 0. The van der Waals surface area contributed by atoms with E-state index in [4.69, 9.17) is 39.5 Å². The molecule has 1 aromatic heterocycles. The second-order valence-corrected chi connectivity index (χ2v) is 5.82. The maximum Gasteiger partial charge on any atom is 0.345 e. The highest BCUT2D eigenvalue weighted by atomic mass is 35.6. The van der Waals surface area contributed by atoms with Crippen molar-refractivity contribution in [2.24, 2.45) is 0 Å². The van der Waals surface area contributed by atoms with Crippen molar-refractivity contribution in [3.05, 3.63) is 15.8 Å². The molecule has 1 heterocycles. The average molecular weight is 292 g/mol. The quantitative estimate of drug-likeness (QED) is 0.487. The number of nitrogens with zero attached hydrogens (tertiary/aromatic N) is 2. The van der Waals surface area contributed by atoms with Crippen molar-refractivity contribution in [1.82, 2.24) is 4.37 Å². The molecule has 0 amide bonds. The predicted molar refractivity (Wildman–Crippen MR) is 59.3 cm³/mol. The lowest BCUT2D eigenvalue weighted by Crippen LogP contribution is -2.15. The molecule has 0 spiro atoms. The third-order valence-corrected chi connectivity index (χ3v) is 2.52. The van der Waals surface area contributed by atoms with Gasteiger partial charge in [-0.2, -0.15) is 4.37 Å². The van der Waals surface area contributed by atoms with Crippen LogP contribution >= 0.6 is 46.3 Å². The van der Waals surface area contributed by atoms with Crippen LogP contribution in [0.5, 0.6) is 5.06 Å². The van der Waals surface area contributed by atoms with Crippen molar-refractivity contribution < 1.29 is 9.66 Å². The van der Waals surface area contributed by atoms with Gasteiger partial charge in [-0.15, -0.1) is 0 Å². The molecule has 0 aliphatic carbocycles. The minimum absolute atomic E-state index is 0.0452. The first-order valence-electron chi connectivity index (χ1n) is 3.61. The van der Waals surface area contributed by atoms with Gasteiger partial charge in [-0.3, -0.25) is 10.1 Å². The zero-order chi connectivity index (χ0) is 11.6. The monoisotopic (exact) mass is 290 g/mol. The van der Waals surface area contributed by atoms with Crippen LogP contribution in [-0.2, 0) is 0 Å². The normalized spacial score (nSPS) is 11.5. The zero-order valence-corrected chi connectivity index (χ0v) is 10.5. The molecule has 9 heteroatoms. The molecule has 0 unspecified atom stereocenters. The number of halogens is 3. The second-order valence-electron chi connectivity index (χ2n) is 2.57. The van der Waals surface area contributed by atoms with Gasteiger partial charge >= 0.3 is 5.69 Å². The third-order valence-electron chi connectivity index (χ3n) is 1.35. The van der Waals surface area contributed by atoms with Crippen LogP contribution in [0.4, 0.5) is 5.69 Å². The van der Waals surface area contributed by atoms with Crippen LogP contribution < -0.4 is 4.74 Å². The number of nitro groups is 1. The first kappa shape index (κ1) is 12.8. The van der Waals surface area contributed by atoms with E-state index in [2.05, 4.69) is 4.37 Å². The Morgan fingerprint density at radius 2 is 2.20 bits per heavy atom. The van der Waals surface area contributed by atoms with Gasteiger partial charge < -0.3 is 4.74 Å². The van der Waals surface area contributed by atoms with E-state index in [1.165, 1.54) is 6.92 Å². The average Bonchev–Trinajstić information content (AvgIpc) is 2.42. The lowest BCUT2D eigenvalue weighted by atomic mass is 10.4. The molecule has 0 aliphatic heterocycles. The van der Waals surface area contributed by atoms with Crippen molar-refractivity contribution in [3.63, 3.8) is 0 Å². The summed E-state index contributed by atoms with van der Waals surface area (Å²) in [5.74, 6) is 0. The Kier molecular flexibility index (Phi) is 3.99. The van der Waals surface area contributed by atoms with Crippen LogP contribution in [0.1, 0.15) is 5.69 Å². The Balaban J connectivity index is 2.82. The number of rotatable bonds is 3. The van der Waals surface area contributed by atoms with Gasteiger partial charge in [0.15, 0.2) is 0 Å². The van der Waals surface area contributed by atoms with Gasteiger partial charge in [-0.25, -0.2) is 0 Å². The molecule has 0 N–H and O–H groups in total. The fourth-order valence-corrected chi connectivity index (χ4v) is 1.68. The van der Waals surface area contributed by atoms with Crippen molar-refractivity contribution in [3.8, 4) is 5.06 Å². The van der Waals surface area contributed by atoms with E-state index < -0.39 is 8.72 Å². The number of ether oxygens (including phenoxy) is 1. The van der Waals surface area contributed by atoms with E-state index in [-0.39, 0.29) is 23.1 Å². The molecule has 0 aliphatic rings. The summed E-state index contributed by atoms with van der Waals surface area (Å²) in [4.78, 5) is 10.0. The highest BCUT2D eigenvalue weighted by Crippen LogP contribution is 2.36. The summed E-state index contributed by atoms with van der Waals surface area (Å²) >= 11 is 17.2. The molecule has 84 valence electrons. The van der Waals surface area contributed by atoms with Gasteiger partial charge in [0.25, 0.3) is 5.06 Å². The van der Waals surface area contributed by atoms with Gasteiger partial charge in [0, 0.05) is 11.5 Å². The summed E-state index contributed by atoms with van der Waals surface area (Å²) in [6, 6.07) is 0. The highest BCUT2D eigenvalue weighted by Gasteiger charge is 2.27. The molecule has 0 aromatic carbocycles. The van der Waals surface area contributed by atoms with Crippen molar-refractivity contribution in [1.29, 1.82) is 0 Å². The maximum atomic E-state index is 10.6. The maximum absolute atomic E-state index is 10.6. The lowest BCUT2D eigenvalue weighted by Gasteiger charge is -2.09. The van der Waals surface area contributed by atoms with Crippen molar-refractivity contribution >= 4 is 52.0 Å². The van der Waals surface area contributed by atoms with Gasteiger partial charge in [0.2, 0.25) is 3.79 Å². The number of aryl methyl sites for hydroxylation is 1. The molecule has 0 atom stereocenters. The van der Waals surface area contributed by atoms with Crippen LogP contribution in [0.25, 0.3) is 0 Å². The number of hydrogen-bond acceptors (Lipinski definition) is 5. The molecule has 0 radical (unpaired) electrons. The fraction of sp³-hybridized carbons (Fsp3) is 0.500. The number of hydrogen-bond donors (Lipinski definition) is 0. The summed E-state index contributed by atoms with van der Waals surface area (Å²) in [6.45, 7) is 1.25. The minimum atomic E-state index is -1.61. The molecule has 1 aromatic rings. The van der Waals surface area contributed by atoms with Crippen molar-refractivity contribution in [2.45, 2.75) is 10.7 Å². The van der Waals surface area contributed by atoms with E-state index in [0.717, 1.165) is 11.5 Å². The van der Waals surface area contributed by atoms with E-state index in [1.54, 1.807) is 0 Å². The Labute approximate surface area is 104 Å². The predicted octanol–water partition coefficient (Wildman–Crippen LogP) is 3.11.